The van der Waals surface area contributed by atoms with Crippen LogP contribution in [0, 0.1) is 5.82 Å². The van der Waals surface area contributed by atoms with Gasteiger partial charge in [-0.25, -0.2) is 12.8 Å². The number of nitrogens with zero attached hydrogens (tertiary/aromatic N) is 4. The van der Waals surface area contributed by atoms with Gasteiger partial charge in [-0.2, -0.15) is 13.2 Å². The standard InChI is InChI=1S/C26H21ClF4N4O3S/c1-16(25-21(27)6-3-7-22(25)28)12-17-8-9-24-23(13-17)35(15-19(38-24)10-11-33-34-32)39(36,37)20-5-2-4-18(14-20)26(29,30)31/h2-9,12-14,19H,10-11,15H2,1H3. The van der Waals surface area contributed by atoms with E-state index in [1.165, 1.54) is 30.3 Å². The molecule has 0 N–H and O–H groups in total. The Hall–Kier alpha value is -3.73. The summed E-state index contributed by atoms with van der Waals surface area (Å²) < 4.78 is 88.7. The zero-order chi connectivity index (χ0) is 28.4. The number of allylic oxidation sites excluding steroid dienone is 1. The molecular formula is C26H21ClF4N4O3S. The molecule has 0 amide bonds. The van der Waals surface area contributed by atoms with Crippen LogP contribution in [0.25, 0.3) is 22.1 Å². The first-order valence-electron chi connectivity index (χ1n) is 11.6. The molecule has 0 aromatic heterocycles. The number of anilines is 1. The molecule has 1 heterocycles. The summed E-state index contributed by atoms with van der Waals surface area (Å²) >= 11 is 6.17. The molecule has 0 bridgehead atoms. The molecule has 0 spiro atoms. The average Bonchev–Trinajstić information content (AvgIpc) is 2.88. The van der Waals surface area contributed by atoms with Gasteiger partial charge in [0.05, 0.1) is 27.7 Å². The zero-order valence-electron chi connectivity index (χ0n) is 20.4. The highest BCUT2D eigenvalue weighted by atomic mass is 35.5. The first-order chi connectivity index (χ1) is 18.4. The first-order valence-corrected chi connectivity index (χ1v) is 13.4. The van der Waals surface area contributed by atoms with Gasteiger partial charge < -0.3 is 4.74 Å². The van der Waals surface area contributed by atoms with Crippen molar-refractivity contribution in [3.8, 4) is 5.75 Å². The lowest BCUT2D eigenvalue weighted by Gasteiger charge is -2.35. The number of ether oxygens (including phenoxy) is 1. The Morgan fingerprint density at radius 1 is 1.21 bits per heavy atom. The number of fused-ring (bicyclic) bond motifs is 1. The van der Waals surface area contributed by atoms with Gasteiger partial charge in [-0.15, -0.1) is 0 Å². The highest BCUT2D eigenvalue weighted by Crippen LogP contribution is 2.40. The number of benzene rings is 3. The Kier molecular flexibility index (Phi) is 8.10. The van der Waals surface area contributed by atoms with Gasteiger partial charge in [0.15, 0.2) is 0 Å². The SMILES string of the molecule is CC(=Cc1ccc2c(c1)N(S(=O)(=O)c1cccc(C(F)(F)F)c1)CC(CCN=[N+]=[N-])O2)c1c(F)cccc1Cl. The smallest absolute Gasteiger partial charge is 0.416 e. The second-order valence-electron chi connectivity index (χ2n) is 8.70. The fraction of sp³-hybridized carbons (Fsp3) is 0.231. The third-order valence-corrected chi connectivity index (χ3v) is 8.11. The number of halogens is 5. The van der Waals surface area contributed by atoms with Gasteiger partial charge in [0.25, 0.3) is 10.0 Å². The molecule has 1 aliphatic rings. The molecule has 13 heteroatoms. The van der Waals surface area contributed by atoms with Gasteiger partial charge in [-0.05, 0) is 72.5 Å². The summed E-state index contributed by atoms with van der Waals surface area (Å²) in [4.78, 5) is 2.13. The molecule has 0 saturated heterocycles. The van der Waals surface area contributed by atoms with Crippen molar-refractivity contribution in [3.63, 3.8) is 0 Å². The molecule has 39 heavy (non-hydrogen) atoms. The normalized spacial score (nSPS) is 15.8. The maximum Gasteiger partial charge on any atom is 0.416 e. The number of hydrogen-bond donors (Lipinski definition) is 0. The van der Waals surface area contributed by atoms with Crippen molar-refractivity contribution < 1.29 is 30.7 Å². The lowest BCUT2D eigenvalue weighted by atomic mass is 10.0. The van der Waals surface area contributed by atoms with Gasteiger partial charge in [-0.3, -0.25) is 4.31 Å². The van der Waals surface area contributed by atoms with Crippen LogP contribution < -0.4 is 9.04 Å². The molecule has 1 aliphatic heterocycles. The number of sulfonamides is 1. The zero-order valence-corrected chi connectivity index (χ0v) is 21.9. The van der Waals surface area contributed by atoms with E-state index in [2.05, 4.69) is 10.0 Å². The second-order valence-corrected chi connectivity index (χ2v) is 11.0. The number of rotatable bonds is 7. The van der Waals surface area contributed by atoms with E-state index in [4.69, 9.17) is 21.9 Å². The van der Waals surface area contributed by atoms with E-state index in [0.29, 0.717) is 17.2 Å². The van der Waals surface area contributed by atoms with Crippen LogP contribution in [0.15, 0.2) is 70.7 Å². The van der Waals surface area contributed by atoms with E-state index in [0.717, 1.165) is 22.5 Å². The van der Waals surface area contributed by atoms with Crippen LogP contribution in [0.2, 0.25) is 5.02 Å². The van der Waals surface area contributed by atoms with Gasteiger partial charge in [0.2, 0.25) is 0 Å². The Morgan fingerprint density at radius 3 is 2.64 bits per heavy atom. The molecule has 3 aromatic rings. The summed E-state index contributed by atoms with van der Waals surface area (Å²) in [5.41, 5.74) is 8.69. The van der Waals surface area contributed by atoms with Gasteiger partial charge in [0.1, 0.15) is 17.7 Å². The predicted molar refractivity (Wildman–Crippen MR) is 140 cm³/mol. The molecule has 0 aliphatic carbocycles. The van der Waals surface area contributed by atoms with Crippen molar-refractivity contribution in [1.29, 1.82) is 0 Å². The Bertz CT molecular complexity index is 1570. The largest absolute Gasteiger partial charge is 0.486 e. The molecule has 0 saturated carbocycles. The van der Waals surface area contributed by atoms with E-state index in [9.17, 15) is 26.0 Å². The van der Waals surface area contributed by atoms with E-state index in [-0.39, 0.29) is 41.5 Å². The van der Waals surface area contributed by atoms with E-state index in [1.54, 1.807) is 19.1 Å². The van der Waals surface area contributed by atoms with Crippen LogP contribution in [-0.4, -0.2) is 27.6 Å². The molecule has 0 fully saturated rings. The Morgan fingerprint density at radius 2 is 1.95 bits per heavy atom. The minimum atomic E-state index is -4.74. The number of hydrogen-bond acceptors (Lipinski definition) is 4. The average molecular weight is 581 g/mol. The summed E-state index contributed by atoms with van der Waals surface area (Å²) in [6.07, 6.45) is -3.70. The molecule has 3 aromatic carbocycles. The van der Waals surface area contributed by atoms with E-state index >= 15 is 0 Å². The predicted octanol–water partition coefficient (Wildman–Crippen LogP) is 7.72. The summed E-state index contributed by atoms with van der Waals surface area (Å²) in [5, 5.41) is 3.65. The van der Waals surface area contributed by atoms with Crippen molar-refractivity contribution in [2.75, 3.05) is 17.4 Å². The van der Waals surface area contributed by atoms with Crippen LogP contribution in [-0.2, 0) is 16.2 Å². The first kappa shape index (κ1) is 28.3. The van der Waals surface area contributed by atoms with Crippen LogP contribution in [0.5, 0.6) is 5.75 Å². The fourth-order valence-corrected chi connectivity index (χ4v) is 6.06. The highest BCUT2D eigenvalue weighted by molar-refractivity contribution is 7.92. The van der Waals surface area contributed by atoms with Crippen LogP contribution in [0.1, 0.15) is 30.0 Å². The van der Waals surface area contributed by atoms with Crippen molar-refractivity contribution in [2.24, 2.45) is 5.11 Å². The maximum atomic E-state index is 14.4. The molecule has 204 valence electrons. The molecule has 4 rings (SSSR count). The molecule has 7 nitrogen and oxygen atoms in total. The van der Waals surface area contributed by atoms with Gasteiger partial charge in [0, 0.05) is 17.0 Å². The highest BCUT2D eigenvalue weighted by Gasteiger charge is 2.37. The topological polar surface area (TPSA) is 95.4 Å². The maximum absolute atomic E-state index is 14.4. The summed E-state index contributed by atoms with van der Waals surface area (Å²) in [6, 6.07) is 12.4. The van der Waals surface area contributed by atoms with Crippen molar-refractivity contribution in [1.82, 2.24) is 0 Å². The van der Waals surface area contributed by atoms with Crippen LogP contribution >= 0.6 is 11.6 Å². The Balaban J connectivity index is 1.80. The quantitative estimate of drug-likeness (QED) is 0.0941. The Labute approximate surface area is 227 Å². The number of azide groups is 1. The molecule has 1 unspecified atom stereocenters. The third kappa shape index (κ3) is 6.13. The lowest BCUT2D eigenvalue weighted by molar-refractivity contribution is -0.137. The molecule has 0 radical (unpaired) electrons. The minimum Gasteiger partial charge on any atom is -0.486 e. The van der Waals surface area contributed by atoms with Crippen molar-refractivity contribution in [2.45, 2.75) is 30.5 Å². The van der Waals surface area contributed by atoms with Crippen molar-refractivity contribution in [3.05, 3.63) is 98.6 Å². The minimum absolute atomic E-state index is 0.0252. The van der Waals surface area contributed by atoms with Crippen LogP contribution in [0.3, 0.4) is 0 Å². The van der Waals surface area contributed by atoms with E-state index < -0.39 is 38.6 Å². The third-order valence-electron chi connectivity index (χ3n) is 6.02. The molecular weight excluding hydrogens is 560 g/mol. The second kappa shape index (κ2) is 11.2. The van der Waals surface area contributed by atoms with Crippen LogP contribution in [0.4, 0.5) is 23.2 Å². The molecule has 1 atom stereocenters. The summed E-state index contributed by atoms with van der Waals surface area (Å²) in [7, 11) is -4.48. The van der Waals surface area contributed by atoms with Gasteiger partial charge in [-0.1, -0.05) is 41.0 Å². The summed E-state index contributed by atoms with van der Waals surface area (Å²) in [6.45, 7) is 1.43. The lowest BCUT2D eigenvalue weighted by Crippen LogP contribution is -2.43. The number of alkyl halides is 3. The fourth-order valence-electron chi connectivity index (χ4n) is 4.20. The monoisotopic (exact) mass is 580 g/mol. The summed E-state index contributed by atoms with van der Waals surface area (Å²) in [5.74, 6) is -0.365. The van der Waals surface area contributed by atoms with Gasteiger partial charge >= 0.3 is 6.18 Å². The van der Waals surface area contributed by atoms with Crippen molar-refractivity contribution >= 4 is 39.0 Å². The van der Waals surface area contributed by atoms with E-state index in [1.807, 2.05) is 0 Å².